The third kappa shape index (κ3) is 3.19. The summed E-state index contributed by atoms with van der Waals surface area (Å²) in [4.78, 5) is 2.67. The summed E-state index contributed by atoms with van der Waals surface area (Å²) in [6.45, 7) is 5.77. The molecule has 0 aromatic heterocycles. The van der Waals surface area contributed by atoms with Gasteiger partial charge in [0.05, 0.1) is 6.61 Å². The molecule has 1 aliphatic carbocycles. The van der Waals surface area contributed by atoms with Gasteiger partial charge < -0.3 is 15.4 Å². The lowest BCUT2D eigenvalue weighted by molar-refractivity contribution is 0.0410. The van der Waals surface area contributed by atoms with Crippen molar-refractivity contribution in [2.75, 3.05) is 32.8 Å². The number of rotatable bonds is 2. The van der Waals surface area contributed by atoms with Crippen LogP contribution in [0.1, 0.15) is 32.1 Å². The van der Waals surface area contributed by atoms with Gasteiger partial charge in [-0.2, -0.15) is 0 Å². The summed E-state index contributed by atoms with van der Waals surface area (Å²) in [7, 11) is 0. The summed E-state index contributed by atoms with van der Waals surface area (Å²) in [6, 6.07) is 0.473. The van der Waals surface area contributed by atoms with E-state index in [1.54, 1.807) is 0 Å². The zero-order valence-corrected chi connectivity index (χ0v) is 12.0. The molecule has 3 rings (SSSR count). The molecule has 0 radical (unpaired) electrons. The third-order valence-corrected chi connectivity index (χ3v) is 5.00. The van der Waals surface area contributed by atoms with Crippen molar-refractivity contribution in [3.63, 3.8) is 0 Å². The molecule has 4 heteroatoms. The van der Waals surface area contributed by atoms with Gasteiger partial charge in [-0.1, -0.05) is 6.42 Å². The first kappa shape index (κ1) is 14.6. The van der Waals surface area contributed by atoms with Gasteiger partial charge in [0.25, 0.3) is 0 Å². The summed E-state index contributed by atoms with van der Waals surface area (Å²) in [5.41, 5.74) is 6.26. The predicted molar refractivity (Wildman–Crippen MR) is 76.0 cm³/mol. The number of fused-ring (bicyclic) bond motifs is 1. The van der Waals surface area contributed by atoms with E-state index in [0.717, 1.165) is 31.0 Å². The van der Waals surface area contributed by atoms with Gasteiger partial charge in [-0.25, -0.2) is 0 Å². The Morgan fingerprint density at radius 2 is 2.00 bits per heavy atom. The van der Waals surface area contributed by atoms with Gasteiger partial charge in [0.1, 0.15) is 0 Å². The Balaban J connectivity index is 0.00000120. The number of nitrogens with zero attached hydrogens (tertiary/aromatic N) is 1. The fraction of sp³-hybridized carbons (Fsp3) is 1.00. The van der Waals surface area contributed by atoms with Crippen LogP contribution < -0.4 is 5.73 Å². The molecule has 106 valence electrons. The summed E-state index contributed by atoms with van der Waals surface area (Å²) in [6.07, 6.45) is 6.63. The van der Waals surface area contributed by atoms with Crippen LogP contribution in [0.3, 0.4) is 0 Å². The molecule has 18 heavy (non-hydrogen) atoms. The highest BCUT2D eigenvalue weighted by molar-refractivity contribution is 5.85. The lowest BCUT2D eigenvalue weighted by Crippen LogP contribution is -2.38. The monoisotopic (exact) mass is 274 g/mol. The Hall–Kier alpha value is 0.170. The third-order valence-electron chi connectivity index (χ3n) is 5.00. The second kappa shape index (κ2) is 6.56. The maximum atomic E-state index is 6.26. The van der Waals surface area contributed by atoms with Crippen LogP contribution in [0.25, 0.3) is 0 Å². The van der Waals surface area contributed by atoms with Crippen LogP contribution in [0.2, 0.25) is 0 Å². The topological polar surface area (TPSA) is 38.5 Å². The Kier molecular flexibility index (Phi) is 5.31. The van der Waals surface area contributed by atoms with E-state index >= 15 is 0 Å². The number of hydrogen-bond acceptors (Lipinski definition) is 3. The van der Waals surface area contributed by atoms with Gasteiger partial charge in [0, 0.05) is 32.3 Å². The van der Waals surface area contributed by atoms with Crippen LogP contribution >= 0.6 is 12.4 Å². The minimum absolute atomic E-state index is 0. The van der Waals surface area contributed by atoms with E-state index in [1.807, 2.05) is 0 Å². The second-order valence-corrected chi connectivity index (χ2v) is 6.32. The molecular formula is C14H27ClN2O. The molecule has 0 bridgehead atoms. The Morgan fingerprint density at radius 1 is 1.11 bits per heavy atom. The highest BCUT2D eigenvalue weighted by atomic mass is 35.5. The molecule has 0 spiro atoms. The molecule has 4 atom stereocenters. The molecule has 2 N–H and O–H groups in total. The lowest BCUT2D eigenvalue weighted by atomic mass is 9.78. The fourth-order valence-electron chi connectivity index (χ4n) is 4.07. The number of halogens is 1. The van der Waals surface area contributed by atoms with E-state index in [9.17, 15) is 0 Å². The standard InChI is InChI=1S/C14H26N2O.ClH/c15-14-5-1-4-12-8-16(9-13(12)14)7-11-3-2-6-17-10-11;/h11-14H,1-10,15H2;1H. The molecule has 0 amide bonds. The number of nitrogens with two attached hydrogens (primary N) is 1. The second-order valence-electron chi connectivity index (χ2n) is 6.32. The first-order valence-electron chi connectivity index (χ1n) is 7.38. The molecule has 0 aromatic rings. The van der Waals surface area contributed by atoms with Crippen molar-refractivity contribution >= 4 is 12.4 Å². The first-order chi connectivity index (χ1) is 8.33. The van der Waals surface area contributed by atoms with E-state index in [2.05, 4.69) is 4.90 Å². The van der Waals surface area contributed by atoms with E-state index in [4.69, 9.17) is 10.5 Å². The molecule has 2 saturated heterocycles. The van der Waals surface area contributed by atoms with Crippen LogP contribution in [0.15, 0.2) is 0 Å². The Bertz CT molecular complexity index is 258. The zero-order chi connectivity index (χ0) is 11.7. The molecule has 0 aromatic carbocycles. The quantitative estimate of drug-likeness (QED) is 0.836. The SMILES string of the molecule is Cl.NC1CCCC2CN(CC3CCCOC3)CC12. The van der Waals surface area contributed by atoms with Crippen molar-refractivity contribution in [3.05, 3.63) is 0 Å². The smallest absolute Gasteiger partial charge is 0.0506 e. The van der Waals surface area contributed by atoms with Gasteiger partial charge in [0.2, 0.25) is 0 Å². The molecule has 4 unspecified atom stereocenters. The van der Waals surface area contributed by atoms with Crippen LogP contribution in [0.5, 0.6) is 0 Å². The summed E-state index contributed by atoms with van der Waals surface area (Å²) < 4.78 is 5.58. The van der Waals surface area contributed by atoms with Crippen LogP contribution in [0, 0.1) is 17.8 Å². The molecule has 2 aliphatic heterocycles. The van der Waals surface area contributed by atoms with Crippen LogP contribution in [-0.4, -0.2) is 43.8 Å². The van der Waals surface area contributed by atoms with Gasteiger partial charge in [0.15, 0.2) is 0 Å². The van der Waals surface area contributed by atoms with Crippen molar-refractivity contribution < 1.29 is 4.74 Å². The Labute approximate surface area is 117 Å². The van der Waals surface area contributed by atoms with E-state index in [-0.39, 0.29) is 12.4 Å². The van der Waals surface area contributed by atoms with Crippen molar-refractivity contribution in [2.45, 2.75) is 38.1 Å². The number of hydrogen-bond donors (Lipinski definition) is 1. The fourth-order valence-corrected chi connectivity index (χ4v) is 4.07. The summed E-state index contributed by atoms with van der Waals surface area (Å²) in [5, 5.41) is 0. The first-order valence-corrected chi connectivity index (χ1v) is 7.38. The largest absolute Gasteiger partial charge is 0.381 e. The van der Waals surface area contributed by atoms with E-state index in [0.29, 0.717) is 6.04 Å². The maximum Gasteiger partial charge on any atom is 0.0506 e. The molecule has 1 saturated carbocycles. The van der Waals surface area contributed by atoms with Gasteiger partial charge in [-0.15, -0.1) is 12.4 Å². The molecule has 2 heterocycles. The van der Waals surface area contributed by atoms with E-state index in [1.165, 1.54) is 51.7 Å². The molecule has 3 fully saturated rings. The maximum absolute atomic E-state index is 6.26. The normalized spacial score (nSPS) is 41.2. The van der Waals surface area contributed by atoms with Crippen molar-refractivity contribution in [3.8, 4) is 0 Å². The molecule has 3 nitrogen and oxygen atoms in total. The van der Waals surface area contributed by atoms with Crippen LogP contribution in [0.4, 0.5) is 0 Å². The summed E-state index contributed by atoms with van der Waals surface area (Å²) in [5.74, 6) is 2.46. The predicted octanol–water partition coefficient (Wildman–Crippen LogP) is 1.89. The van der Waals surface area contributed by atoms with E-state index < -0.39 is 0 Å². The highest BCUT2D eigenvalue weighted by Gasteiger charge is 2.39. The van der Waals surface area contributed by atoms with Gasteiger partial charge in [-0.05, 0) is 43.4 Å². The minimum Gasteiger partial charge on any atom is -0.381 e. The van der Waals surface area contributed by atoms with Crippen molar-refractivity contribution in [2.24, 2.45) is 23.5 Å². The number of likely N-dealkylation sites (tertiary alicyclic amines) is 1. The zero-order valence-electron chi connectivity index (χ0n) is 11.2. The van der Waals surface area contributed by atoms with Crippen molar-refractivity contribution in [1.82, 2.24) is 4.90 Å². The minimum atomic E-state index is 0. The van der Waals surface area contributed by atoms with Crippen LogP contribution in [-0.2, 0) is 4.74 Å². The summed E-state index contributed by atoms with van der Waals surface area (Å²) >= 11 is 0. The lowest BCUT2D eigenvalue weighted by Gasteiger charge is -2.30. The van der Waals surface area contributed by atoms with Gasteiger partial charge >= 0.3 is 0 Å². The van der Waals surface area contributed by atoms with Gasteiger partial charge in [-0.3, -0.25) is 0 Å². The highest BCUT2D eigenvalue weighted by Crippen LogP contribution is 2.36. The Morgan fingerprint density at radius 3 is 2.72 bits per heavy atom. The molecule has 3 aliphatic rings. The average Bonchev–Trinajstić information content (AvgIpc) is 2.74. The number of ether oxygens (including phenoxy) is 1. The van der Waals surface area contributed by atoms with Crippen molar-refractivity contribution in [1.29, 1.82) is 0 Å². The average molecular weight is 275 g/mol. The molecular weight excluding hydrogens is 248 g/mol.